The van der Waals surface area contributed by atoms with Gasteiger partial charge in [-0.3, -0.25) is 14.9 Å². The van der Waals surface area contributed by atoms with Crippen LogP contribution in [0.2, 0.25) is 0 Å². The molecule has 1 unspecified atom stereocenters. The molecular weight excluding hydrogens is 415 g/mol. The summed E-state index contributed by atoms with van der Waals surface area (Å²) in [6, 6.07) is 0.237. The summed E-state index contributed by atoms with van der Waals surface area (Å²) in [5.74, 6) is -1.42. The van der Waals surface area contributed by atoms with E-state index in [1.54, 1.807) is 0 Å². The van der Waals surface area contributed by atoms with E-state index in [0.717, 1.165) is 6.07 Å². The normalized spacial score (nSPS) is 16.8. The van der Waals surface area contributed by atoms with E-state index in [1.807, 2.05) is 0 Å². The number of para-hydroxylation sites is 1. The number of ether oxygens (including phenoxy) is 1. The zero-order valence-corrected chi connectivity index (χ0v) is 15.0. The van der Waals surface area contributed by atoms with Crippen LogP contribution in [0.3, 0.4) is 0 Å². The fraction of sp³-hybridized carbons (Fsp3) is 0.235. The Morgan fingerprint density at radius 2 is 2.03 bits per heavy atom. The van der Waals surface area contributed by atoms with Gasteiger partial charge in [0.1, 0.15) is 12.0 Å². The summed E-state index contributed by atoms with van der Waals surface area (Å²) in [5.41, 5.74) is -5.19. The number of halogens is 3. The van der Waals surface area contributed by atoms with E-state index in [-0.39, 0.29) is 12.0 Å². The minimum Gasteiger partial charge on any atom is -0.463 e. The summed E-state index contributed by atoms with van der Waals surface area (Å²) in [7, 11) is 0. The average molecular weight is 427 g/mol. The summed E-state index contributed by atoms with van der Waals surface area (Å²) < 4.78 is 50.2. The molecule has 3 rings (SSSR count). The number of nitro groups is 1. The number of amides is 2. The number of urea groups is 1. The Labute approximate surface area is 164 Å². The first-order valence-electron chi connectivity index (χ1n) is 8.31. The SMILES string of the molecule is CCOC(=O)C1=C(C(F)(F)F)NC(=O)NC1c1coc2c([N+](=O)[O-])cccc2c1=O. The summed E-state index contributed by atoms with van der Waals surface area (Å²) >= 11 is 0. The maximum Gasteiger partial charge on any atom is 0.432 e. The minimum atomic E-state index is -5.14. The third kappa shape index (κ3) is 3.56. The molecule has 1 atom stereocenters. The molecule has 13 heteroatoms. The van der Waals surface area contributed by atoms with Crippen LogP contribution in [0.25, 0.3) is 11.0 Å². The topological polar surface area (TPSA) is 141 Å². The van der Waals surface area contributed by atoms with Gasteiger partial charge in [-0.05, 0) is 13.0 Å². The van der Waals surface area contributed by atoms with Crippen LogP contribution in [-0.2, 0) is 9.53 Å². The van der Waals surface area contributed by atoms with Crippen LogP contribution >= 0.6 is 0 Å². The first kappa shape index (κ1) is 20.8. The third-order valence-corrected chi connectivity index (χ3v) is 4.16. The molecule has 2 heterocycles. The van der Waals surface area contributed by atoms with Gasteiger partial charge in [0, 0.05) is 6.07 Å². The van der Waals surface area contributed by atoms with Gasteiger partial charge in [0.05, 0.1) is 34.1 Å². The summed E-state index contributed by atoms with van der Waals surface area (Å²) in [4.78, 5) is 47.3. The number of nitrogens with zero attached hydrogens (tertiary/aromatic N) is 1. The summed E-state index contributed by atoms with van der Waals surface area (Å²) in [5, 5.41) is 14.4. The van der Waals surface area contributed by atoms with E-state index >= 15 is 0 Å². The van der Waals surface area contributed by atoms with Gasteiger partial charge in [-0.2, -0.15) is 13.2 Å². The number of non-ortho nitro benzene ring substituents is 1. The zero-order valence-electron chi connectivity index (χ0n) is 15.0. The molecule has 2 aromatic rings. The lowest BCUT2D eigenvalue weighted by Crippen LogP contribution is -2.50. The molecule has 10 nitrogen and oxygen atoms in total. The number of hydrogen-bond acceptors (Lipinski definition) is 7. The molecule has 0 saturated carbocycles. The monoisotopic (exact) mass is 427 g/mol. The van der Waals surface area contributed by atoms with E-state index < -0.39 is 62.7 Å². The number of hydrogen-bond donors (Lipinski definition) is 2. The number of esters is 1. The minimum absolute atomic E-state index is 0.271. The highest BCUT2D eigenvalue weighted by atomic mass is 19.4. The second-order valence-electron chi connectivity index (χ2n) is 5.97. The fourth-order valence-corrected chi connectivity index (χ4v) is 2.95. The van der Waals surface area contributed by atoms with Crippen LogP contribution in [0.1, 0.15) is 18.5 Å². The van der Waals surface area contributed by atoms with Crippen molar-refractivity contribution in [2.45, 2.75) is 19.1 Å². The molecule has 30 heavy (non-hydrogen) atoms. The molecular formula is C17H12F3N3O7. The molecule has 1 aromatic carbocycles. The van der Waals surface area contributed by atoms with Crippen LogP contribution in [0.5, 0.6) is 0 Å². The molecule has 0 aliphatic carbocycles. The third-order valence-electron chi connectivity index (χ3n) is 4.16. The highest BCUT2D eigenvalue weighted by Crippen LogP contribution is 2.35. The predicted octanol–water partition coefficient (Wildman–Crippen LogP) is 2.43. The number of nitro benzene ring substituents is 1. The second kappa shape index (κ2) is 7.50. The van der Waals surface area contributed by atoms with Crippen molar-refractivity contribution in [3.05, 3.63) is 61.6 Å². The van der Waals surface area contributed by atoms with E-state index in [1.165, 1.54) is 24.4 Å². The van der Waals surface area contributed by atoms with Gasteiger partial charge in [0.25, 0.3) is 0 Å². The standard InChI is InChI=1S/C17H12F3N3O7/c1-2-29-15(25)10-11(21-16(26)22-14(10)17(18,19)20)8-6-30-13-7(12(8)24)4-3-5-9(13)23(27)28/h3-6,11H,2H2,1H3,(H2,21,22,26). The van der Waals surface area contributed by atoms with E-state index in [4.69, 9.17) is 4.42 Å². The second-order valence-corrected chi connectivity index (χ2v) is 5.97. The van der Waals surface area contributed by atoms with Crippen molar-refractivity contribution in [3.63, 3.8) is 0 Å². The maximum absolute atomic E-state index is 13.5. The van der Waals surface area contributed by atoms with Gasteiger partial charge in [0.2, 0.25) is 5.58 Å². The number of fused-ring (bicyclic) bond motifs is 1. The first-order valence-corrected chi connectivity index (χ1v) is 8.31. The van der Waals surface area contributed by atoms with Crippen molar-refractivity contribution in [2.24, 2.45) is 0 Å². The molecule has 1 aliphatic heterocycles. The van der Waals surface area contributed by atoms with Crippen LogP contribution in [0.4, 0.5) is 23.7 Å². The Balaban J connectivity index is 2.29. The number of rotatable bonds is 4. The van der Waals surface area contributed by atoms with Crippen LogP contribution in [0.15, 0.2) is 44.9 Å². The molecule has 1 aromatic heterocycles. The van der Waals surface area contributed by atoms with Gasteiger partial charge in [0.15, 0.2) is 5.43 Å². The van der Waals surface area contributed by atoms with E-state index in [0.29, 0.717) is 6.26 Å². The van der Waals surface area contributed by atoms with Crippen molar-refractivity contribution in [1.82, 2.24) is 10.6 Å². The number of carbonyl (C=O) groups is 2. The number of allylic oxidation sites excluding steroid dienone is 1. The lowest BCUT2D eigenvalue weighted by atomic mass is 9.95. The van der Waals surface area contributed by atoms with Crippen molar-refractivity contribution in [3.8, 4) is 0 Å². The van der Waals surface area contributed by atoms with Crippen molar-refractivity contribution >= 4 is 28.7 Å². The van der Waals surface area contributed by atoms with Gasteiger partial charge in [-0.15, -0.1) is 0 Å². The molecule has 0 fully saturated rings. The Bertz CT molecular complexity index is 1150. The molecule has 2 amide bonds. The van der Waals surface area contributed by atoms with Gasteiger partial charge < -0.3 is 19.8 Å². The fourth-order valence-electron chi connectivity index (χ4n) is 2.95. The van der Waals surface area contributed by atoms with Gasteiger partial charge in [-0.1, -0.05) is 6.07 Å². The highest BCUT2D eigenvalue weighted by molar-refractivity contribution is 5.96. The van der Waals surface area contributed by atoms with Crippen LogP contribution < -0.4 is 16.1 Å². The smallest absolute Gasteiger partial charge is 0.432 e. The van der Waals surface area contributed by atoms with Crippen LogP contribution in [-0.4, -0.2) is 29.7 Å². The largest absolute Gasteiger partial charge is 0.463 e. The van der Waals surface area contributed by atoms with Gasteiger partial charge >= 0.3 is 23.9 Å². The number of nitrogens with one attached hydrogen (secondary N) is 2. The quantitative estimate of drug-likeness (QED) is 0.434. The van der Waals surface area contributed by atoms with E-state index in [2.05, 4.69) is 10.1 Å². The zero-order chi connectivity index (χ0) is 22.2. The first-order chi connectivity index (χ1) is 14.1. The number of alkyl halides is 3. The molecule has 2 N–H and O–H groups in total. The molecule has 1 aliphatic rings. The summed E-state index contributed by atoms with van der Waals surface area (Å²) in [6.45, 7) is 1.09. The Kier molecular flexibility index (Phi) is 5.20. The predicted molar refractivity (Wildman–Crippen MR) is 93.3 cm³/mol. The lowest BCUT2D eigenvalue weighted by molar-refractivity contribution is -0.383. The van der Waals surface area contributed by atoms with Crippen molar-refractivity contribution in [2.75, 3.05) is 6.61 Å². The van der Waals surface area contributed by atoms with Gasteiger partial charge in [-0.25, -0.2) is 9.59 Å². The molecule has 0 bridgehead atoms. The number of benzene rings is 1. The average Bonchev–Trinajstić information content (AvgIpc) is 2.66. The molecule has 0 saturated heterocycles. The Morgan fingerprint density at radius 1 is 1.33 bits per heavy atom. The Morgan fingerprint density at radius 3 is 2.63 bits per heavy atom. The lowest BCUT2D eigenvalue weighted by Gasteiger charge is -2.29. The Hall–Kier alpha value is -3.90. The molecule has 0 spiro atoms. The molecule has 0 radical (unpaired) electrons. The van der Waals surface area contributed by atoms with Crippen molar-refractivity contribution < 1.29 is 36.8 Å². The number of carbonyl (C=O) groups excluding carboxylic acids is 2. The van der Waals surface area contributed by atoms with Crippen molar-refractivity contribution in [1.29, 1.82) is 0 Å². The molecule has 158 valence electrons. The van der Waals surface area contributed by atoms with Crippen LogP contribution in [0, 0.1) is 10.1 Å². The van der Waals surface area contributed by atoms with E-state index in [9.17, 15) is 37.7 Å². The summed E-state index contributed by atoms with van der Waals surface area (Å²) in [6.07, 6.45) is -4.48. The maximum atomic E-state index is 13.5. The highest BCUT2D eigenvalue weighted by Gasteiger charge is 2.46.